The lowest BCUT2D eigenvalue weighted by Crippen LogP contribution is -2.47. The average molecular weight is 502 g/mol. The summed E-state index contributed by atoms with van der Waals surface area (Å²) >= 11 is 0. The van der Waals surface area contributed by atoms with Crippen molar-refractivity contribution in [3.8, 4) is 11.5 Å². The maximum atomic E-state index is 14.1. The topological polar surface area (TPSA) is 55.8 Å². The first-order valence-corrected chi connectivity index (χ1v) is 13.6. The number of hydrogen-bond donors (Lipinski definition) is 0. The normalized spacial score (nSPS) is 16.5. The summed E-state index contributed by atoms with van der Waals surface area (Å²) in [7, 11) is -3.78. The van der Waals surface area contributed by atoms with Gasteiger partial charge >= 0.3 is 0 Å². The number of benzene rings is 4. The number of fused-ring (bicyclic) bond motifs is 2. The van der Waals surface area contributed by atoms with Crippen molar-refractivity contribution in [3.63, 3.8) is 0 Å². The summed E-state index contributed by atoms with van der Waals surface area (Å²) in [6.07, 6.45) is 0.589. The molecular weight excluding hydrogens is 470 g/mol. The summed E-state index contributed by atoms with van der Waals surface area (Å²) in [6.45, 7) is 6.57. The fourth-order valence-electron chi connectivity index (χ4n) is 4.68. The molecule has 1 unspecified atom stereocenters. The Morgan fingerprint density at radius 3 is 2.19 bits per heavy atom. The molecule has 5 nitrogen and oxygen atoms in total. The van der Waals surface area contributed by atoms with Crippen LogP contribution in [0.15, 0.2) is 95.9 Å². The van der Waals surface area contributed by atoms with Crippen LogP contribution in [0.3, 0.4) is 0 Å². The summed E-state index contributed by atoms with van der Waals surface area (Å²) in [5, 5.41) is 1.63. The Labute approximate surface area is 213 Å². The van der Waals surface area contributed by atoms with Gasteiger partial charge in [0.1, 0.15) is 23.7 Å². The van der Waals surface area contributed by atoms with E-state index in [-0.39, 0.29) is 18.2 Å². The minimum atomic E-state index is -3.78. The van der Waals surface area contributed by atoms with Crippen LogP contribution in [0.2, 0.25) is 0 Å². The van der Waals surface area contributed by atoms with E-state index >= 15 is 0 Å². The average Bonchev–Trinajstić information content (AvgIpc) is 2.86. The highest BCUT2D eigenvalue weighted by atomic mass is 32.2. The van der Waals surface area contributed by atoms with Gasteiger partial charge in [-0.15, -0.1) is 0 Å². The van der Waals surface area contributed by atoms with Crippen molar-refractivity contribution in [1.29, 1.82) is 0 Å². The van der Waals surface area contributed by atoms with Crippen molar-refractivity contribution in [3.05, 3.63) is 102 Å². The zero-order valence-corrected chi connectivity index (χ0v) is 21.7. The molecule has 1 atom stereocenters. The lowest BCUT2D eigenvalue weighted by atomic mass is 9.96. The fraction of sp³-hybridized carbons (Fsp3) is 0.267. The molecule has 0 aliphatic carbocycles. The first kappa shape index (κ1) is 24.3. The number of rotatable bonds is 6. The summed E-state index contributed by atoms with van der Waals surface area (Å²) in [4.78, 5) is 0.327. The third kappa shape index (κ3) is 5.11. The lowest BCUT2D eigenvalue weighted by molar-refractivity contribution is 0.130. The monoisotopic (exact) mass is 501 g/mol. The van der Waals surface area contributed by atoms with E-state index in [1.807, 2.05) is 93.6 Å². The van der Waals surface area contributed by atoms with Crippen molar-refractivity contribution in [2.45, 2.75) is 50.3 Å². The van der Waals surface area contributed by atoms with Gasteiger partial charge in [-0.05, 0) is 74.0 Å². The van der Waals surface area contributed by atoms with E-state index in [1.54, 1.807) is 16.4 Å². The second-order valence-corrected chi connectivity index (χ2v) is 12.0. The van der Waals surface area contributed by atoms with E-state index in [9.17, 15) is 8.42 Å². The molecule has 5 rings (SSSR count). The second-order valence-electron chi connectivity index (χ2n) is 10.2. The van der Waals surface area contributed by atoms with Crippen LogP contribution in [0, 0.1) is 0 Å². The largest absolute Gasteiger partial charge is 0.492 e. The molecule has 1 aliphatic rings. The fourth-order valence-corrected chi connectivity index (χ4v) is 6.49. The molecule has 0 fully saturated rings. The highest BCUT2D eigenvalue weighted by molar-refractivity contribution is 7.89. The lowest BCUT2D eigenvalue weighted by Gasteiger charge is -2.36. The van der Waals surface area contributed by atoms with E-state index in [4.69, 9.17) is 9.47 Å². The standard InChI is InChI=1S/C30H31NO4S/c1-30(2,3)35-27-17-15-26(16-18-27)34-21-25-19-23-10-4-5-11-24(23)20-31(25)36(32,33)29-14-8-12-22-9-6-7-13-28(22)29/h4-18,25H,19-21H2,1-3H3. The smallest absolute Gasteiger partial charge is 0.244 e. The molecule has 6 heteroatoms. The molecule has 0 aromatic heterocycles. The SMILES string of the molecule is CC(C)(C)Oc1ccc(OCC2Cc3ccccc3CN2S(=O)(=O)c2cccc3ccccc23)cc1. The third-order valence-corrected chi connectivity index (χ3v) is 8.29. The summed E-state index contributed by atoms with van der Waals surface area (Å²) in [6, 6.07) is 28.2. The van der Waals surface area contributed by atoms with E-state index in [1.165, 1.54) is 0 Å². The number of nitrogens with zero attached hydrogens (tertiary/aromatic N) is 1. The Morgan fingerprint density at radius 1 is 0.806 bits per heavy atom. The predicted molar refractivity (Wildman–Crippen MR) is 143 cm³/mol. The van der Waals surface area contributed by atoms with E-state index in [0.29, 0.717) is 23.6 Å². The molecule has 0 amide bonds. The minimum absolute atomic E-state index is 0.248. The highest BCUT2D eigenvalue weighted by Crippen LogP contribution is 2.33. The zero-order chi connectivity index (χ0) is 25.3. The molecule has 0 bridgehead atoms. The molecule has 4 aromatic carbocycles. The Hall–Kier alpha value is -3.35. The van der Waals surface area contributed by atoms with Gasteiger partial charge < -0.3 is 9.47 Å². The number of ether oxygens (including phenoxy) is 2. The maximum absolute atomic E-state index is 14.1. The van der Waals surface area contributed by atoms with Crippen molar-refractivity contribution < 1.29 is 17.9 Å². The second kappa shape index (κ2) is 9.60. The molecular formula is C30H31NO4S. The van der Waals surface area contributed by atoms with E-state index < -0.39 is 10.0 Å². The van der Waals surface area contributed by atoms with Crippen molar-refractivity contribution in [2.75, 3.05) is 6.61 Å². The van der Waals surface area contributed by atoms with E-state index in [2.05, 4.69) is 6.07 Å². The third-order valence-electron chi connectivity index (χ3n) is 6.33. The van der Waals surface area contributed by atoms with Gasteiger partial charge in [-0.2, -0.15) is 4.31 Å². The van der Waals surface area contributed by atoms with Gasteiger partial charge in [0, 0.05) is 11.9 Å². The Kier molecular flexibility index (Phi) is 6.49. The van der Waals surface area contributed by atoms with Gasteiger partial charge in [-0.25, -0.2) is 8.42 Å². The van der Waals surface area contributed by atoms with Crippen LogP contribution in [0.5, 0.6) is 11.5 Å². The molecule has 1 heterocycles. The van der Waals surface area contributed by atoms with Crippen LogP contribution in [-0.4, -0.2) is 31.0 Å². The van der Waals surface area contributed by atoms with Gasteiger partial charge in [0.05, 0.1) is 10.9 Å². The van der Waals surface area contributed by atoms with Gasteiger partial charge in [-0.1, -0.05) is 60.7 Å². The molecule has 186 valence electrons. The van der Waals surface area contributed by atoms with Gasteiger partial charge in [0.2, 0.25) is 10.0 Å². The van der Waals surface area contributed by atoms with Crippen molar-refractivity contribution >= 4 is 20.8 Å². The molecule has 0 saturated carbocycles. The van der Waals surface area contributed by atoms with Crippen LogP contribution in [0.4, 0.5) is 0 Å². The number of hydrogen-bond acceptors (Lipinski definition) is 4. The molecule has 0 radical (unpaired) electrons. The molecule has 0 N–H and O–H groups in total. The zero-order valence-electron chi connectivity index (χ0n) is 20.8. The van der Waals surface area contributed by atoms with Crippen LogP contribution in [0.25, 0.3) is 10.8 Å². The maximum Gasteiger partial charge on any atom is 0.244 e. The van der Waals surface area contributed by atoms with Crippen molar-refractivity contribution in [2.24, 2.45) is 0 Å². The molecule has 0 spiro atoms. The first-order chi connectivity index (χ1) is 17.2. The quantitative estimate of drug-likeness (QED) is 0.315. The van der Waals surface area contributed by atoms with E-state index in [0.717, 1.165) is 27.6 Å². The van der Waals surface area contributed by atoms with Crippen molar-refractivity contribution in [1.82, 2.24) is 4.31 Å². The Bertz CT molecular complexity index is 1470. The summed E-state index contributed by atoms with van der Waals surface area (Å²) < 4.78 is 41.8. The highest BCUT2D eigenvalue weighted by Gasteiger charge is 2.36. The van der Waals surface area contributed by atoms with Crippen LogP contribution < -0.4 is 9.47 Å². The van der Waals surface area contributed by atoms with Crippen LogP contribution in [-0.2, 0) is 23.0 Å². The summed E-state index contributed by atoms with van der Waals surface area (Å²) in [5.41, 5.74) is 1.90. The Morgan fingerprint density at radius 2 is 1.44 bits per heavy atom. The predicted octanol–water partition coefficient (Wildman–Crippen LogP) is 6.21. The molecule has 0 saturated heterocycles. The number of sulfonamides is 1. The summed E-state index contributed by atoms with van der Waals surface area (Å²) in [5.74, 6) is 1.44. The van der Waals surface area contributed by atoms with Gasteiger partial charge in [0.15, 0.2) is 0 Å². The molecule has 4 aromatic rings. The van der Waals surface area contributed by atoms with Gasteiger partial charge in [0.25, 0.3) is 0 Å². The Balaban J connectivity index is 1.44. The van der Waals surface area contributed by atoms with Gasteiger partial charge in [-0.3, -0.25) is 0 Å². The molecule has 36 heavy (non-hydrogen) atoms. The van der Waals surface area contributed by atoms with Crippen LogP contribution >= 0.6 is 0 Å². The molecule has 1 aliphatic heterocycles. The first-order valence-electron chi connectivity index (χ1n) is 12.2. The van der Waals surface area contributed by atoms with Crippen LogP contribution in [0.1, 0.15) is 31.9 Å². The minimum Gasteiger partial charge on any atom is -0.492 e.